The summed E-state index contributed by atoms with van der Waals surface area (Å²) >= 11 is 1.65. The van der Waals surface area contributed by atoms with E-state index in [1.54, 1.807) is 11.3 Å². The van der Waals surface area contributed by atoms with Crippen molar-refractivity contribution >= 4 is 45.6 Å². The molecule has 0 spiro atoms. The van der Waals surface area contributed by atoms with Crippen LogP contribution < -0.4 is 10.6 Å². The van der Waals surface area contributed by atoms with Gasteiger partial charge in [-0.3, -0.25) is 4.79 Å². The second-order valence-electron chi connectivity index (χ2n) is 4.59. The number of fused-ring (bicyclic) bond motifs is 1. The van der Waals surface area contributed by atoms with Crippen LogP contribution in [0.2, 0.25) is 0 Å². The first-order valence-electron chi connectivity index (χ1n) is 6.11. The first-order chi connectivity index (χ1) is 8.72. The predicted molar refractivity (Wildman–Crippen MR) is 81.2 cm³/mol. The van der Waals surface area contributed by atoms with E-state index in [0.717, 1.165) is 40.4 Å². The minimum Gasteiger partial charge on any atom is -0.326 e. The molecule has 1 aromatic heterocycles. The Bertz CT molecular complexity index is 593. The summed E-state index contributed by atoms with van der Waals surface area (Å²) in [6.07, 6.45) is 0.924. The zero-order valence-corrected chi connectivity index (χ0v) is 12.2. The fourth-order valence-corrected chi connectivity index (χ4v) is 3.11. The van der Waals surface area contributed by atoms with E-state index in [-0.39, 0.29) is 24.2 Å². The van der Waals surface area contributed by atoms with Gasteiger partial charge in [-0.15, -0.1) is 23.7 Å². The lowest BCUT2D eigenvalue weighted by Gasteiger charge is -2.09. The van der Waals surface area contributed by atoms with Crippen molar-refractivity contribution in [3.63, 3.8) is 0 Å². The molecule has 2 aromatic rings. The van der Waals surface area contributed by atoms with E-state index in [4.69, 9.17) is 0 Å². The van der Waals surface area contributed by atoms with Crippen LogP contribution in [0.4, 0.5) is 5.69 Å². The summed E-state index contributed by atoms with van der Waals surface area (Å²) < 4.78 is 1.12. The molecule has 3 rings (SSSR count). The van der Waals surface area contributed by atoms with Crippen molar-refractivity contribution in [2.75, 3.05) is 18.4 Å². The smallest absolute Gasteiger partial charge is 0.228 e. The van der Waals surface area contributed by atoms with Crippen molar-refractivity contribution in [2.45, 2.75) is 13.3 Å². The van der Waals surface area contributed by atoms with Crippen LogP contribution in [0.25, 0.3) is 10.2 Å². The summed E-state index contributed by atoms with van der Waals surface area (Å²) in [6.45, 7) is 3.71. The van der Waals surface area contributed by atoms with E-state index in [9.17, 15) is 4.79 Å². The Morgan fingerprint density at radius 2 is 2.37 bits per heavy atom. The van der Waals surface area contributed by atoms with Crippen LogP contribution in [-0.2, 0) is 4.79 Å². The van der Waals surface area contributed by atoms with Crippen molar-refractivity contribution in [3.05, 3.63) is 23.2 Å². The fraction of sp³-hybridized carbons (Fsp3) is 0.385. The average Bonchev–Trinajstić information content (AvgIpc) is 2.95. The average molecular weight is 298 g/mol. The number of halogens is 1. The van der Waals surface area contributed by atoms with Gasteiger partial charge < -0.3 is 10.6 Å². The molecule has 1 aromatic carbocycles. The Morgan fingerprint density at radius 1 is 1.53 bits per heavy atom. The minimum absolute atomic E-state index is 0. The molecular formula is C13H16ClN3OS. The Labute approximate surface area is 122 Å². The summed E-state index contributed by atoms with van der Waals surface area (Å²) in [5.41, 5.74) is 1.86. The topological polar surface area (TPSA) is 54.0 Å². The van der Waals surface area contributed by atoms with Crippen LogP contribution in [0.15, 0.2) is 18.2 Å². The lowest BCUT2D eigenvalue weighted by atomic mass is 10.1. The molecule has 0 saturated carbocycles. The van der Waals surface area contributed by atoms with Gasteiger partial charge in [-0.05, 0) is 38.1 Å². The molecule has 1 amide bonds. The summed E-state index contributed by atoms with van der Waals surface area (Å²) in [7, 11) is 0. The highest BCUT2D eigenvalue weighted by molar-refractivity contribution is 7.18. The molecule has 2 heterocycles. The number of hydrogen-bond acceptors (Lipinski definition) is 4. The van der Waals surface area contributed by atoms with Crippen LogP contribution in [0.1, 0.15) is 11.4 Å². The number of carbonyl (C=O) groups excluding carboxylic acids is 1. The predicted octanol–water partition coefficient (Wildman–Crippen LogP) is 2.57. The number of rotatable bonds is 2. The normalized spacial score (nSPS) is 18.3. The third kappa shape index (κ3) is 3.05. The molecule has 0 bridgehead atoms. The molecule has 2 N–H and O–H groups in total. The zero-order valence-electron chi connectivity index (χ0n) is 10.6. The van der Waals surface area contributed by atoms with Gasteiger partial charge in [-0.2, -0.15) is 0 Å². The van der Waals surface area contributed by atoms with Crippen molar-refractivity contribution in [1.29, 1.82) is 0 Å². The number of anilines is 1. The third-order valence-corrected chi connectivity index (χ3v) is 4.13. The summed E-state index contributed by atoms with van der Waals surface area (Å²) in [6, 6.07) is 5.88. The number of aryl methyl sites for hydroxylation is 1. The lowest BCUT2D eigenvalue weighted by Crippen LogP contribution is -2.24. The van der Waals surface area contributed by atoms with Crippen LogP contribution >= 0.6 is 23.7 Å². The maximum absolute atomic E-state index is 12.0. The van der Waals surface area contributed by atoms with Gasteiger partial charge in [0.05, 0.1) is 21.1 Å². The van der Waals surface area contributed by atoms with Gasteiger partial charge in [0.15, 0.2) is 0 Å². The molecule has 19 heavy (non-hydrogen) atoms. The van der Waals surface area contributed by atoms with Crippen LogP contribution in [-0.4, -0.2) is 24.0 Å². The molecule has 1 fully saturated rings. The SMILES string of the molecule is Cc1nc2ccc(NC(=O)C3CCNC3)cc2s1.Cl. The maximum atomic E-state index is 12.0. The quantitative estimate of drug-likeness (QED) is 0.896. The van der Waals surface area contributed by atoms with Crippen LogP contribution in [0.3, 0.4) is 0 Å². The van der Waals surface area contributed by atoms with E-state index >= 15 is 0 Å². The van der Waals surface area contributed by atoms with E-state index in [2.05, 4.69) is 15.6 Å². The minimum atomic E-state index is 0. The van der Waals surface area contributed by atoms with Gasteiger partial charge in [0, 0.05) is 12.2 Å². The first-order valence-corrected chi connectivity index (χ1v) is 6.93. The molecule has 1 atom stereocenters. The molecule has 1 aliphatic heterocycles. The van der Waals surface area contributed by atoms with Gasteiger partial charge in [-0.1, -0.05) is 0 Å². The van der Waals surface area contributed by atoms with E-state index in [1.807, 2.05) is 25.1 Å². The Hall–Kier alpha value is -1.17. The standard InChI is InChI=1S/C13H15N3OS.ClH/c1-8-15-11-3-2-10(6-12(11)18-8)16-13(17)9-4-5-14-7-9;/h2-3,6,9,14H,4-5,7H2,1H3,(H,16,17);1H. The number of hydrogen-bond donors (Lipinski definition) is 2. The van der Waals surface area contributed by atoms with E-state index < -0.39 is 0 Å². The molecular weight excluding hydrogens is 282 g/mol. The number of nitrogens with zero attached hydrogens (tertiary/aromatic N) is 1. The molecule has 1 aliphatic rings. The molecule has 102 valence electrons. The Morgan fingerprint density at radius 3 is 3.11 bits per heavy atom. The summed E-state index contributed by atoms with van der Waals surface area (Å²) in [5.74, 6) is 0.212. The maximum Gasteiger partial charge on any atom is 0.228 e. The number of benzene rings is 1. The van der Waals surface area contributed by atoms with Crippen LogP contribution in [0.5, 0.6) is 0 Å². The molecule has 4 nitrogen and oxygen atoms in total. The summed E-state index contributed by atoms with van der Waals surface area (Å²) in [4.78, 5) is 16.4. The highest BCUT2D eigenvalue weighted by Crippen LogP contribution is 2.25. The first kappa shape index (κ1) is 14.2. The molecule has 0 aliphatic carbocycles. The molecule has 1 unspecified atom stereocenters. The molecule has 1 saturated heterocycles. The van der Waals surface area contributed by atoms with Gasteiger partial charge in [0.1, 0.15) is 0 Å². The zero-order chi connectivity index (χ0) is 12.5. The molecule has 6 heteroatoms. The van der Waals surface area contributed by atoms with Gasteiger partial charge in [0.2, 0.25) is 5.91 Å². The largest absolute Gasteiger partial charge is 0.326 e. The lowest BCUT2D eigenvalue weighted by molar-refractivity contribution is -0.119. The fourth-order valence-electron chi connectivity index (χ4n) is 2.24. The number of nitrogens with one attached hydrogen (secondary N) is 2. The highest BCUT2D eigenvalue weighted by atomic mass is 35.5. The van der Waals surface area contributed by atoms with Crippen LogP contribution in [0, 0.1) is 12.8 Å². The third-order valence-electron chi connectivity index (χ3n) is 3.19. The van der Waals surface area contributed by atoms with E-state index in [0.29, 0.717) is 0 Å². The second-order valence-corrected chi connectivity index (χ2v) is 5.83. The highest BCUT2D eigenvalue weighted by Gasteiger charge is 2.22. The van der Waals surface area contributed by atoms with Gasteiger partial charge in [-0.25, -0.2) is 4.98 Å². The summed E-state index contributed by atoms with van der Waals surface area (Å²) in [5, 5.41) is 7.24. The number of aromatic nitrogens is 1. The Balaban J connectivity index is 0.00000133. The van der Waals surface area contributed by atoms with Crippen molar-refractivity contribution < 1.29 is 4.79 Å². The van der Waals surface area contributed by atoms with Crippen molar-refractivity contribution in [1.82, 2.24) is 10.3 Å². The van der Waals surface area contributed by atoms with Crippen molar-refractivity contribution in [3.8, 4) is 0 Å². The number of carbonyl (C=O) groups is 1. The van der Waals surface area contributed by atoms with E-state index in [1.165, 1.54) is 0 Å². The number of thiazole rings is 1. The van der Waals surface area contributed by atoms with Gasteiger partial charge in [0.25, 0.3) is 0 Å². The molecule has 0 radical (unpaired) electrons. The Kier molecular flexibility index (Phi) is 4.39. The second kappa shape index (κ2) is 5.86. The number of amides is 1. The monoisotopic (exact) mass is 297 g/mol. The van der Waals surface area contributed by atoms with Gasteiger partial charge >= 0.3 is 0 Å². The van der Waals surface area contributed by atoms with Crippen molar-refractivity contribution in [2.24, 2.45) is 5.92 Å².